The first-order valence-electron chi connectivity index (χ1n) is 7.87. The highest BCUT2D eigenvalue weighted by Crippen LogP contribution is 2.33. The topological polar surface area (TPSA) is 79.2 Å². The number of hydrogen-bond donors (Lipinski definition) is 3. The van der Waals surface area contributed by atoms with Crippen LogP contribution in [0, 0.1) is 0 Å². The minimum Gasteiger partial charge on any atom is -0.508 e. The van der Waals surface area contributed by atoms with Crippen molar-refractivity contribution in [3.63, 3.8) is 0 Å². The van der Waals surface area contributed by atoms with Crippen molar-refractivity contribution in [2.75, 3.05) is 19.8 Å². The quantitative estimate of drug-likeness (QED) is 0.647. The van der Waals surface area contributed by atoms with Crippen LogP contribution in [-0.2, 0) is 10.2 Å². The van der Waals surface area contributed by atoms with Gasteiger partial charge in [0, 0.05) is 5.41 Å². The molecule has 0 amide bonds. The summed E-state index contributed by atoms with van der Waals surface area (Å²) in [5.41, 5.74) is 1.96. The van der Waals surface area contributed by atoms with Crippen molar-refractivity contribution in [1.82, 2.24) is 0 Å². The summed E-state index contributed by atoms with van der Waals surface area (Å²) in [6.45, 7) is 3.91. The summed E-state index contributed by atoms with van der Waals surface area (Å²) in [5.74, 6) is 0.827. The molecule has 0 aromatic heterocycles. The summed E-state index contributed by atoms with van der Waals surface area (Å²) in [6, 6.07) is 14.7. The number of aliphatic hydroxyl groups excluding tert-OH is 2. The molecule has 3 N–H and O–H groups in total. The van der Waals surface area contributed by atoms with Crippen LogP contribution in [-0.4, -0.2) is 41.4 Å². The summed E-state index contributed by atoms with van der Waals surface area (Å²) in [5, 5.41) is 27.4. The molecule has 0 spiro atoms. The molecule has 0 fully saturated rings. The van der Waals surface area contributed by atoms with Crippen LogP contribution in [0.1, 0.15) is 25.0 Å². The van der Waals surface area contributed by atoms with Gasteiger partial charge in [-0.25, -0.2) is 0 Å². The Morgan fingerprint density at radius 2 is 1.46 bits per heavy atom. The molecule has 5 nitrogen and oxygen atoms in total. The van der Waals surface area contributed by atoms with Crippen LogP contribution in [0.15, 0.2) is 48.5 Å². The molecule has 2 rings (SSSR count). The molecule has 0 aliphatic rings. The molecule has 0 saturated carbocycles. The Bertz CT molecular complexity index is 619. The largest absolute Gasteiger partial charge is 0.508 e. The molecular formula is C19H24O5. The fourth-order valence-electron chi connectivity index (χ4n) is 2.45. The molecule has 1 unspecified atom stereocenters. The van der Waals surface area contributed by atoms with Crippen molar-refractivity contribution in [2.24, 2.45) is 0 Å². The van der Waals surface area contributed by atoms with Crippen molar-refractivity contribution in [2.45, 2.75) is 25.6 Å². The van der Waals surface area contributed by atoms with Crippen molar-refractivity contribution >= 4 is 0 Å². The van der Waals surface area contributed by atoms with E-state index in [0.29, 0.717) is 5.75 Å². The zero-order chi connectivity index (χ0) is 17.6. The zero-order valence-corrected chi connectivity index (χ0v) is 14.0. The van der Waals surface area contributed by atoms with E-state index in [4.69, 9.17) is 14.6 Å². The number of phenolic OH excluding ortho intramolecular Hbond substituents is 1. The van der Waals surface area contributed by atoms with E-state index >= 15 is 0 Å². The van der Waals surface area contributed by atoms with Crippen molar-refractivity contribution in [3.8, 4) is 11.5 Å². The summed E-state index contributed by atoms with van der Waals surface area (Å²) >= 11 is 0. The van der Waals surface area contributed by atoms with Gasteiger partial charge in [-0.2, -0.15) is 0 Å². The van der Waals surface area contributed by atoms with Crippen molar-refractivity contribution < 1.29 is 24.8 Å². The van der Waals surface area contributed by atoms with Crippen LogP contribution in [0.4, 0.5) is 0 Å². The number of phenols is 1. The number of ether oxygens (including phenoxy) is 2. The Balaban J connectivity index is 2.11. The van der Waals surface area contributed by atoms with E-state index in [2.05, 4.69) is 13.8 Å². The van der Waals surface area contributed by atoms with Gasteiger partial charge in [0.05, 0.1) is 13.2 Å². The van der Waals surface area contributed by atoms with Gasteiger partial charge in [-0.15, -0.1) is 0 Å². The highest BCUT2D eigenvalue weighted by atomic mass is 16.7. The molecule has 24 heavy (non-hydrogen) atoms. The van der Waals surface area contributed by atoms with Gasteiger partial charge in [0.2, 0.25) is 6.29 Å². The minimum atomic E-state index is -0.798. The predicted octanol–water partition coefficient (Wildman–Crippen LogP) is 2.42. The maximum absolute atomic E-state index is 9.43. The zero-order valence-electron chi connectivity index (χ0n) is 14.0. The third-order valence-electron chi connectivity index (χ3n) is 3.98. The van der Waals surface area contributed by atoms with Gasteiger partial charge in [0.25, 0.3) is 0 Å². The Labute approximate surface area is 142 Å². The second-order valence-corrected chi connectivity index (χ2v) is 6.02. The Hall–Kier alpha value is -2.08. The van der Waals surface area contributed by atoms with Gasteiger partial charge >= 0.3 is 0 Å². The molecule has 0 radical (unpaired) electrons. The SMILES string of the molecule is CC(C)(c1ccc(O)cc1)c1ccc(OC(CO)OCCO)cc1. The molecule has 2 aromatic rings. The lowest BCUT2D eigenvalue weighted by molar-refractivity contribution is -0.113. The fraction of sp³-hybridized carbons (Fsp3) is 0.368. The molecule has 0 heterocycles. The van der Waals surface area contributed by atoms with E-state index < -0.39 is 6.29 Å². The lowest BCUT2D eigenvalue weighted by Gasteiger charge is -2.26. The average Bonchev–Trinajstić information content (AvgIpc) is 2.59. The lowest BCUT2D eigenvalue weighted by atomic mass is 9.78. The first-order valence-corrected chi connectivity index (χ1v) is 7.87. The molecule has 130 valence electrons. The van der Waals surface area contributed by atoms with Gasteiger partial charge < -0.3 is 24.8 Å². The van der Waals surface area contributed by atoms with Crippen LogP contribution < -0.4 is 4.74 Å². The third-order valence-corrected chi connectivity index (χ3v) is 3.98. The summed E-state index contributed by atoms with van der Waals surface area (Å²) in [4.78, 5) is 0. The Morgan fingerprint density at radius 1 is 0.917 bits per heavy atom. The summed E-state index contributed by atoms with van der Waals surface area (Å²) in [7, 11) is 0. The van der Waals surface area contributed by atoms with Crippen molar-refractivity contribution in [3.05, 3.63) is 59.7 Å². The van der Waals surface area contributed by atoms with E-state index in [-0.39, 0.29) is 31.0 Å². The van der Waals surface area contributed by atoms with E-state index in [1.807, 2.05) is 36.4 Å². The maximum atomic E-state index is 9.43. The number of aliphatic hydroxyl groups is 2. The molecule has 5 heteroatoms. The smallest absolute Gasteiger partial charge is 0.223 e. The maximum Gasteiger partial charge on any atom is 0.223 e. The molecule has 0 aliphatic heterocycles. The first kappa shape index (κ1) is 18.3. The number of hydrogen-bond acceptors (Lipinski definition) is 5. The number of rotatable bonds is 8. The van der Waals surface area contributed by atoms with Crippen LogP contribution in [0.3, 0.4) is 0 Å². The van der Waals surface area contributed by atoms with Crippen LogP contribution >= 0.6 is 0 Å². The molecule has 2 aromatic carbocycles. The van der Waals surface area contributed by atoms with Crippen LogP contribution in [0.5, 0.6) is 11.5 Å². The van der Waals surface area contributed by atoms with Gasteiger partial charge in [0.1, 0.15) is 18.1 Å². The minimum absolute atomic E-state index is 0.108. The van der Waals surface area contributed by atoms with E-state index in [9.17, 15) is 10.2 Å². The Morgan fingerprint density at radius 3 is 1.96 bits per heavy atom. The van der Waals surface area contributed by atoms with Gasteiger partial charge in [-0.1, -0.05) is 38.1 Å². The highest BCUT2D eigenvalue weighted by molar-refractivity contribution is 5.41. The second-order valence-electron chi connectivity index (χ2n) is 6.02. The molecule has 0 bridgehead atoms. The third kappa shape index (κ3) is 4.47. The summed E-state index contributed by atoms with van der Waals surface area (Å²) in [6.07, 6.45) is -0.798. The molecule has 0 aliphatic carbocycles. The van der Waals surface area contributed by atoms with Gasteiger partial charge in [-0.3, -0.25) is 0 Å². The molecular weight excluding hydrogens is 308 g/mol. The Kier molecular flexibility index (Phi) is 6.20. The standard InChI is InChI=1S/C19H24O5/c1-19(2,14-3-7-16(22)8-4-14)15-5-9-17(10-6-15)24-18(13-21)23-12-11-20/h3-10,18,20-22H,11-13H2,1-2H3. The van der Waals surface area contributed by atoms with Crippen molar-refractivity contribution in [1.29, 1.82) is 0 Å². The molecule has 1 atom stereocenters. The fourth-order valence-corrected chi connectivity index (χ4v) is 2.45. The van der Waals surface area contributed by atoms with Crippen LogP contribution in [0.25, 0.3) is 0 Å². The number of aromatic hydroxyl groups is 1. The summed E-state index contributed by atoms with van der Waals surface area (Å²) < 4.78 is 10.7. The van der Waals surface area contributed by atoms with Crippen LogP contribution in [0.2, 0.25) is 0 Å². The highest BCUT2D eigenvalue weighted by Gasteiger charge is 2.23. The molecule has 0 saturated heterocycles. The number of benzene rings is 2. The monoisotopic (exact) mass is 332 g/mol. The van der Waals surface area contributed by atoms with Gasteiger partial charge in [0.15, 0.2) is 0 Å². The normalized spacial score (nSPS) is 12.8. The lowest BCUT2D eigenvalue weighted by Crippen LogP contribution is -2.26. The van der Waals surface area contributed by atoms with E-state index in [1.54, 1.807) is 12.1 Å². The van der Waals surface area contributed by atoms with E-state index in [1.165, 1.54) is 0 Å². The average molecular weight is 332 g/mol. The second kappa shape index (κ2) is 8.15. The first-order chi connectivity index (χ1) is 11.5. The van der Waals surface area contributed by atoms with E-state index in [0.717, 1.165) is 11.1 Å². The predicted molar refractivity (Wildman–Crippen MR) is 91.2 cm³/mol. The van der Waals surface area contributed by atoms with Gasteiger partial charge in [-0.05, 0) is 35.4 Å².